The maximum atomic E-state index is 13.1. The van der Waals surface area contributed by atoms with Crippen molar-refractivity contribution in [2.45, 2.75) is 19.4 Å². The van der Waals surface area contributed by atoms with Gasteiger partial charge in [0.1, 0.15) is 11.6 Å². The van der Waals surface area contributed by atoms with Crippen LogP contribution in [0.3, 0.4) is 0 Å². The van der Waals surface area contributed by atoms with E-state index in [1.807, 2.05) is 44.4 Å². The highest BCUT2D eigenvalue weighted by molar-refractivity contribution is 5.78. The summed E-state index contributed by atoms with van der Waals surface area (Å²) < 4.78 is 18.7. The Kier molecular flexibility index (Phi) is 6.21. The molecule has 0 saturated carbocycles. The largest absolute Gasteiger partial charge is 0.441 e. The smallest absolute Gasteiger partial charge is 0.226 e. The van der Waals surface area contributed by atoms with Crippen LogP contribution in [0.5, 0.6) is 0 Å². The van der Waals surface area contributed by atoms with Crippen molar-refractivity contribution in [3.63, 3.8) is 0 Å². The number of carbonyl (C=O) groups is 1. The highest BCUT2D eigenvalue weighted by Crippen LogP contribution is 2.22. The molecule has 2 aromatic carbocycles. The summed E-state index contributed by atoms with van der Waals surface area (Å²) in [5, 5.41) is 2.98. The number of carbonyl (C=O) groups excluding carboxylic acids is 1. The van der Waals surface area contributed by atoms with Gasteiger partial charge in [0.15, 0.2) is 0 Å². The summed E-state index contributed by atoms with van der Waals surface area (Å²) in [5.41, 5.74) is 2.40. The molecule has 0 aliphatic carbocycles. The van der Waals surface area contributed by atoms with Crippen LogP contribution >= 0.6 is 0 Å². The van der Waals surface area contributed by atoms with Crippen molar-refractivity contribution in [1.82, 2.24) is 15.2 Å². The topological polar surface area (TPSA) is 58.4 Å². The lowest BCUT2D eigenvalue weighted by Gasteiger charge is -2.25. The SMILES string of the molecule is Cc1oc(-c2ccc(F)cc2)nc1CC(=O)NCC(c1ccccc1)N(C)C. The number of rotatable bonds is 7. The normalized spacial score (nSPS) is 12.2. The zero-order chi connectivity index (χ0) is 20.1. The molecule has 0 radical (unpaired) electrons. The molecular weight excluding hydrogens is 357 g/mol. The second kappa shape index (κ2) is 8.80. The minimum atomic E-state index is -0.319. The first kappa shape index (κ1) is 19.8. The van der Waals surface area contributed by atoms with Crippen LogP contribution in [0.25, 0.3) is 11.5 Å². The molecule has 5 nitrogen and oxygen atoms in total. The number of likely N-dealkylation sites (N-methyl/N-ethyl adjacent to an activating group) is 1. The van der Waals surface area contributed by atoms with Crippen LogP contribution in [-0.2, 0) is 11.2 Å². The van der Waals surface area contributed by atoms with Gasteiger partial charge in [0.25, 0.3) is 0 Å². The molecule has 1 N–H and O–H groups in total. The Labute approximate surface area is 164 Å². The van der Waals surface area contributed by atoms with E-state index in [0.717, 1.165) is 5.56 Å². The Hall–Kier alpha value is -2.99. The fourth-order valence-corrected chi connectivity index (χ4v) is 3.01. The molecule has 3 rings (SSSR count). The van der Waals surface area contributed by atoms with E-state index in [1.165, 1.54) is 12.1 Å². The molecule has 1 atom stereocenters. The first-order valence-electron chi connectivity index (χ1n) is 9.14. The lowest BCUT2D eigenvalue weighted by Crippen LogP contribution is -2.35. The molecule has 3 aromatic rings. The van der Waals surface area contributed by atoms with Crippen molar-refractivity contribution < 1.29 is 13.6 Å². The van der Waals surface area contributed by atoms with Crippen LogP contribution in [0.15, 0.2) is 59.0 Å². The molecule has 1 unspecified atom stereocenters. The molecule has 1 amide bonds. The molecule has 0 spiro atoms. The van der Waals surface area contributed by atoms with E-state index < -0.39 is 0 Å². The third kappa shape index (κ3) is 4.84. The van der Waals surface area contributed by atoms with Crippen LogP contribution < -0.4 is 5.32 Å². The van der Waals surface area contributed by atoms with Gasteiger partial charge in [-0.15, -0.1) is 0 Å². The second-order valence-corrected chi connectivity index (χ2v) is 6.90. The van der Waals surface area contributed by atoms with Gasteiger partial charge in [0, 0.05) is 12.1 Å². The first-order valence-corrected chi connectivity index (χ1v) is 9.14. The third-order valence-electron chi connectivity index (χ3n) is 4.61. The zero-order valence-corrected chi connectivity index (χ0v) is 16.3. The van der Waals surface area contributed by atoms with Crippen LogP contribution in [-0.4, -0.2) is 36.4 Å². The Morgan fingerprint density at radius 1 is 1.14 bits per heavy atom. The van der Waals surface area contributed by atoms with Gasteiger partial charge in [-0.2, -0.15) is 0 Å². The lowest BCUT2D eigenvalue weighted by molar-refractivity contribution is -0.120. The minimum Gasteiger partial charge on any atom is -0.441 e. The molecule has 0 aliphatic rings. The van der Waals surface area contributed by atoms with Gasteiger partial charge < -0.3 is 14.6 Å². The van der Waals surface area contributed by atoms with E-state index in [9.17, 15) is 9.18 Å². The third-order valence-corrected chi connectivity index (χ3v) is 4.61. The Bertz CT molecular complexity index is 921. The number of nitrogens with zero attached hydrogens (tertiary/aromatic N) is 2. The summed E-state index contributed by atoms with van der Waals surface area (Å²) in [6.07, 6.45) is 0.130. The summed E-state index contributed by atoms with van der Waals surface area (Å²) in [5.74, 6) is 0.530. The number of hydrogen-bond acceptors (Lipinski definition) is 4. The second-order valence-electron chi connectivity index (χ2n) is 6.90. The number of aryl methyl sites for hydroxylation is 1. The fourth-order valence-electron chi connectivity index (χ4n) is 3.01. The van der Waals surface area contributed by atoms with Gasteiger partial charge in [-0.25, -0.2) is 9.37 Å². The number of hydrogen-bond donors (Lipinski definition) is 1. The standard InChI is InChI=1S/C22H24FN3O2/c1-15-19(25-22(28-15)17-9-11-18(23)12-10-17)13-21(27)24-14-20(26(2)3)16-7-5-4-6-8-16/h4-12,20H,13-14H2,1-3H3,(H,24,27). The van der Waals surface area contributed by atoms with Gasteiger partial charge in [-0.05, 0) is 50.8 Å². The molecule has 28 heavy (non-hydrogen) atoms. The molecule has 146 valence electrons. The van der Waals surface area contributed by atoms with E-state index >= 15 is 0 Å². The van der Waals surface area contributed by atoms with E-state index in [1.54, 1.807) is 19.1 Å². The number of benzene rings is 2. The maximum absolute atomic E-state index is 13.1. The average molecular weight is 381 g/mol. The van der Waals surface area contributed by atoms with Crippen molar-refractivity contribution in [2.75, 3.05) is 20.6 Å². The Morgan fingerprint density at radius 2 is 1.82 bits per heavy atom. The van der Waals surface area contributed by atoms with E-state index in [2.05, 4.69) is 15.2 Å². The molecular formula is C22H24FN3O2. The number of aromatic nitrogens is 1. The van der Waals surface area contributed by atoms with Crippen LogP contribution in [0.2, 0.25) is 0 Å². The Balaban J connectivity index is 1.64. The van der Waals surface area contributed by atoms with E-state index in [0.29, 0.717) is 29.5 Å². The first-order chi connectivity index (χ1) is 13.4. The van der Waals surface area contributed by atoms with Crippen LogP contribution in [0.4, 0.5) is 4.39 Å². The maximum Gasteiger partial charge on any atom is 0.226 e. The highest BCUT2D eigenvalue weighted by Gasteiger charge is 2.18. The predicted octanol–water partition coefficient (Wildman–Crippen LogP) is 3.75. The Morgan fingerprint density at radius 3 is 2.46 bits per heavy atom. The monoisotopic (exact) mass is 381 g/mol. The van der Waals surface area contributed by atoms with Crippen LogP contribution in [0, 0.1) is 12.7 Å². The highest BCUT2D eigenvalue weighted by atomic mass is 19.1. The number of nitrogens with one attached hydrogen (secondary N) is 1. The van der Waals surface area contributed by atoms with E-state index in [4.69, 9.17) is 4.42 Å². The van der Waals surface area contributed by atoms with Gasteiger partial charge in [-0.3, -0.25) is 4.79 Å². The summed E-state index contributed by atoms with van der Waals surface area (Å²) in [6.45, 7) is 2.27. The molecule has 1 heterocycles. The number of halogens is 1. The number of amides is 1. The summed E-state index contributed by atoms with van der Waals surface area (Å²) in [4.78, 5) is 18.9. The van der Waals surface area contributed by atoms with Crippen LogP contribution in [0.1, 0.15) is 23.1 Å². The van der Waals surface area contributed by atoms with E-state index in [-0.39, 0.29) is 24.2 Å². The summed E-state index contributed by atoms with van der Waals surface area (Å²) in [6, 6.07) is 16.0. The molecule has 0 bridgehead atoms. The zero-order valence-electron chi connectivity index (χ0n) is 16.3. The van der Waals surface area contributed by atoms with Crippen molar-refractivity contribution in [1.29, 1.82) is 0 Å². The molecule has 1 aromatic heterocycles. The lowest BCUT2D eigenvalue weighted by atomic mass is 10.1. The van der Waals surface area contributed by atoms with Crippen molar-refractivity contribution in [3.8, 4) is 11.5 Å². The summed E-state index contributed by atoms with van der Waals surface area (Å²) in [7, 11) is 3.97. The van der Waals surface area contributed by atoms with Gasteiger partial charge in [0.2, 0.25) is 11.8 Å². The molecule has 0 saturated heterocycles. The molecule has 6 heteroatoms. The fraction of sp³-hybridized carbons (Fsp3) is 0.273. The minimum absolute atomic E-state index is 0.0818. The van der Waals surface area contributed by atoms with Gasteiger partial charge >= 0.3 is 0 Å². The van der Waals surface area contributed by atoms with Gasteiger partial charge in [-0.1, -0.05) is 30.3 Å². The quantitative estimate of drug-likeness (QED) is 0.677. The van der Waals surface area contributed by atoms with Gasteiger partial charge in [0.05, 0.1) is 18.2 Å². The van der Waals surface area contributed by atoms with Crippen molar-refractivity contribution >= 4 is 5.91 Å². The average Bonchev–Trinajstić information content (AvgIpc) is 3.03. The predicted molar refractivity (Wildman–Crippen MR) is 106 cm³/mol. The molecule has 0 fully saturated rings. The molecule has 0 aliphatic heterocycles. The number of oxazole rings is 1. The summed E-state index contributed by atoms with van der Waals surface area (Å²) >= 11 is 0. The van der Waals surface area contributed by atoms with Crippen molar-refractivity contribution in [3.05, 3.63) is 77.4 Å². The van der Waals surface area contributed by atoms with Crippen molar-refractivity contribution in [2.24, 2.45) is 0 Å².